The average Bonchev–Trinajstić information content (AvgIpc) is 2.87. The fourth-order valence-corrected chi connectivity index (χ4v) is 1.31. The van der Waals surface area contributed by atoms with Gasteiger partial charge in [0.2, 0.25) is 5.76 Å². The highest BCUT2D eigenvalue weighted by molar-refractivity contribution is 5.90. The predicted molar refractivity (Wildman–Crippen MR) is 61.8 cm³/mol. The summed E-state index contributed by atoms with van der Waals surface area (Å²) in [5, 5.41) is 3.62. The summed E-state index contributed by atoms with van der Waals surface area (Å²) in [5.74, 6) is -0.237. The first-order valence-electron chi connectivity index (χ1n) is 5.26. The molecule has 2 aromatic rings. The summed E-state index contributed by atoms with van der Waals surface area (Å²) in [7, 11) is 1.33. The number of ether oxygens (including phenoxy) is 1. The third-order valence-electron chi connectivity index (χ3n) is 2.14. The molecule has 0 unspecified atom stereocenters. The summed E-state index contributed by atoms with van der Waals surface area (Å²) in [6.45, 7) is 0.360. The van der Waals surface area contributed by atoms with Crippen LogP contribution in [0.25, 0.3) is 0 Å². The van der Waals surface area contributed by atoms with Gasteiger partial charge in [-0.2, -0.15) is 0 Å². The van der Waals surface area contributed by atoms with E-state index in [2.05, 4.69) is 15.5 Å². The highest BCUT2D eigenvalue weighted by Gasteiger charge is 2.13. The number of rotatable bonds is 5. The fourth-order valence-electron chi connectivity index (χ4n) is 1.31. The second-order valence-corrected chi connectivity index (χ2v) is 3.44. The minimum absolute atomic E-state index is 0.0277. The summed E-state index contributed by atoms with van der Waals surface area (Å²) in [6, 6.07) is 11.0. The maximum Gasteiger partial charge on any atom is 0.313 e. The van der Waals surface area contributed by atoms with E-state index in [1.807, 2.05) is 30.3 Å². The van der Waals surface area contributed by atoms with Gasteiger partial charge in [0.15, 0.2) is 0 Å². The number of aromatic nitrogens is 1. The Morgan fingerprint density at radius 2 is 2.17 bits per heavy atom. The van der Waals surface area contributed by atoms with Crippen molar-refractivity contribution in [2.75, 3.05) is 7.11 Å². The van der Waals surface area contributed by atoms with Gasteiger partial charge < -0.3 is 9.26 Å². The molecule has 6 heteroatoms. The summed E-state index contributed by atoms with van der Waals surface area (Å²) in [5.41, 5.74) is 3.12. The van der Waals surface area contributed by atoms with E-state index in [1.54, 1.807) is 0 Å². The van der Waals surface area contributed by atoms with Crippen molar-refractivity contribution in [3.63, 3.8) is 0 Å². The van der Waals surface area contributed by atoms with Crippen LogP contribution in [0.4, 0.5) is 0 Å². The van der Waals surface area contributed by atoms with Gasteiger partial charge in [0.1, 0.15) is 6.61 Å². The van der Waals surface area contributed by atoms with Crippen molar-refractivity contribution in [1.82, 2.24) is 10.6 Å². The Morgan fingerprint density at radius 1 is 1.39 bits per heavy atom. The summed E-state index contributed by atoms with van der Waals surface area (Å²) < 4.78 is 10.2. The van der Waals surface area contributed by atoms with E-state index in [1.165, 1.54) is 13.2 Å². The van der Waals surface area contributed by atoms with E-state index in [4.69, 9.17) is 9.26 Å². The number of nitrogens with zero attached hydrogens (tertiary/aromatic N) is 1. The number of hydrogen-bond donors (Lipinski definition) is 1. The molecule has 2 rings (SSSR count). The Bertz CT molecular complexity index is 510. The maximum atomic E-state index is 11.3. The van der Waals surface area contributed by atoms with Crippen LogP contribution in [0, 0.1) is 0 Å². The largest absolute Gasteiger partial charge is 0.471 e. The molecule has 0 saturated heterocycles. The van der Waals surface area contributed by atoms with E-state index in [9.17, 15) is 4.79 Å². The van der Waals surface area contributed by atoms with E-state index >= 15 is 0 Å². The molecule has 0 aliphatic carbocycles. The van der Waals surface area contributed by atoms with E-state index in [0.717, 1.165) is 5.56 Å². The minimum atomic E-state index is -0.514. The first-order valence-corrected chi connectivity index (χ1v) is 5.26. The first kappa shape index (κ1) is 12.1. The van der Waals surface area contributed by atoms with Crippen LogP contribution < -0.4 is 10.2 Å². The number of nitrogens with one attached hydrogen (secondary N) is 1. The van der Waals surface area contributed by atoms with E-state index < -0.39 is 5.91 Å². The molecule has 1 amide bonds. The quantitative estimate of drug-likeness (QED) is 0.812. The molecule has 0 bridgehead atoms. The molecule has 18 heavy (non-hydrogen) atoms. The van der Waals surface area contributed by atoms with Crippen molar-refractivity contribution in [2.45, 2.75) is 6.61 Å². The van der Waals surface area contributed by atoms with Crippen LogP contribution in [0.5, 0.6) is 5.88 Å². The molecule has 6 nitrogen and oxygen atoms in total. The summed E-state index contributed by atoms with van der Waals surface area (Å²) >= 11 is 0. The smallest absolute Gasteiger partial charge is 0.313 e. The monoisotopic (exact) mass is 248 g/mol. The number of benzene rings is 1. The fraction of sp³-hybridized carbons (Fsp3) is 0.167. The number of amides is 1. The average molecular weight is 248 g/mol. The Balaban J connectivity index is 1.93. The number of carbonyl (C=O) groups is 1. The number of hydrogen-bond acceptors (Lipinski definition) is 5. The second kappa shape index (κ2) is 5.83. The van der Waals surface area contributed by atoms with Gasteiger partial charge in [0.25, 0.3) is 5.88 Å². The molecule has 0 fully saturated rings. The first-order chi connectivity index (χ1) is 8.79. The highest BCUT2D eigenvalue weighted by Crippen LogP contribution is 2.13. The molecule has 0 aliphatic rings. The number of carbonyl (C=O) groups excluding carboxylic acids is 1. The molecule has 1 aromatic carbocycles. The Kier molecular flexibility index (Phi) is 3.93. The van der Waals surface area contributed by atoms with Crippen molar-refractivity contribution in [3.05, 3.63) is 47.7 Å². The lowest BCUT2D eigenvalue weighted by atomic mass is 10.2. The van der Waals surface area contributed by atoms with Crippen LogP contribution in [0.2, 0.25) is 0 Å². The van der Waals surface area contributed by atoms with Gasteiger partial charge in [-0.05, 0) is 10.7 Å². The molecular weight excluding hydrogens is 236 g/mol. The van der Waals surface area contributed by atoms with Crippen LogP contribution in [-0.4, -0.2) is 18.2 Å². The maximum absolute atomic E-state index is 11.3. The summed E-state index contributed by atoms with van der Waals surface area (Å²) in [4.78, 5) is 15.8. The van der Waals surface area contributed by atoms with E-state index in [0.29, 0.717) is 6.61 Å². The molecular formula is C12H12N2O4. The zero-order chi connectivity index (χ0) is 12.8. The molecule has 0 spiro atoms. The second-order valence-electron chi connectivity index (χ2n) is 3.44. The standard InChI is InChI=1S/C12H12N2O4/c1-16-14-12(15)10-7-11(13-18-10)17-8-9-5-3-2-4-6-9/h2-7H,8H2,1H3,(H,14,15). The van der Waals surface area contributed by atoms with Gasteiger partial charge >= 0.3 is 5.91 Å². The summed E-state index contributed by atoms with van der Waals surface area (Å²) in [6.07, 6.45) is 0. The predicted octanol–water partition coefficient (Wildman–Crippen LogP) is 1.54. The molecule has 1 heterocycles. The Morgan fingerprint density at radius 3 is 2.89 bits per heavy atom. The molecule has 1 N–H and O–H groups in total. The van der Waals surface area contributed by atoms with Gasteiger partial charge in [-0.1, -0.05) is 30.3 Å². The zero-order valence-corrected chi connectivity index (χ0v) is 9.75. The lowest BCUT2D eigenvalue weighted by Crippen LogP contribution is -2.21. The Hall–Kier alpha value is -2.34. The van der Waals surface area contributed by atoms with Crippen molar-refractivity contribution in [3.8, 4) is 5.88 Å². The normalized spacial score (nSPS) is 10.1. The van der Waals surface area contributed by atoms with Crippen LogP contribution in [0.15, 0.2) is 40.9 Å². The lowest BCUT2D eigenvalue weighted by Gasteiger charge is -2.00. The zero-order valence-electron chi connectivity index (χ0n) is 9.75. The van der Waals surface area contributed by atoms with Crippen LogP contribution in [-0.2, 0) is 11.4 Å². The molecule has 0 saturated carbocycles. The number of hydroxylamine groups is 1. The molecule has 1 aromatic heterocycles. The topological polar surface area (TPSA) is 73.6 Å². The van der Waals surface area contributed by atoms with Gasteiger partial charge in [-0.15, -0.1) is 0 Å². The third kappa shape index (κ3) is 3.08. The van der Waals surface area contributed by atoms with Gasteiger partial charge in [-0.25, -0.2) is 5.48 Å². The molecule has 0 aliphatic heterocycles. The van der Waals surface area contributed by atoms with Crippen molar-refractivity contribution >= 4 is 5.91 Å². The van der Waals surface area contributed by atoms with Crippen LogP contribution >= 0.6 is 0 Å². The van der Waals surface area contributed by atoms with E-state index in [-0.39, 0.29) is 11.6 Å². The highest BCUT2D eigenvalue weighted by atomic mass is 16.6. The molecule has 94 valence electrons. The van der Waals surface area contributed by atoms with Gasteiger partial charge in [0, 0.05) is 0 Å². The third-order valence-corrected chi connectivity index (χ3v) is 2.14. The minimum Gasteiger partial charge on any atom is -0.471 e. The van der Waals surface area contributed by atoms with Gasteiger partial charge in [0.05, 0.1) is 13.2 Å². The van der Waals surface area contributed by atoms with Crippen LogP contribution in [0.3, 0.4) is 0 Å². The molecule has 0 atom stereocenters. The van der Waals surface area contributed by atoms with Crippen LogP contribution in [0.1, 0.15) is 16.1 Å². The van der Waals surface area contributed by atoms with Gasteiger partial charge in [-0.3, -0.25) is 9.63 Å². The SMILES string of the molecule is CONC(=O)c1cc(OCc2ccccc2)no1. The lowest BCUT2D eigenvalue weighted by molar-refractivity contribution is 0.0501. The van der Waals surface area contributed by atoms with Crippen molar-refractivity contribution < 1.29 is 18.9 Å². The molecule has 0 radical (unpaired) electrons. The Labute approximate surface area is 103 Å². The van der Waals surface area contributed by atoms with Crippen molar-refractivity contribution in [1.29, 1.82) is 0 Å². The van der Waals surface area contributed by atoms with Crippen molar-refractivity contribution in [2.24, 2.45) is 0 Å².